The fourth-order valence-corrected chi connectivity index (χ4v) is 4.65. The second-order valence-electron chi connectivity index (χ2n) is 7.23. The molecular formula is C19H30N4OS. The van der Waals surface area contributed by atoms with Crippen molar-refractivity contribution in [2.24, 2.45) is 4.99 Å². The maximum absolute atomic E-state index is 13.2. The first-order valence-electron chi connectivity index (χ1n) is 9.34. The van der Waals surface area contributed by atoms with E-state index in [4.69, 9.17) is 4.99 Å². The van der Waals surface area contributed by atoms with Crippen LogP contribution in [-0.2, 0) is 11.4 Å². The molecule has 1 aromatic carbocycles. The summed E-state index contributed by atoms with van der Waals surface area (Å²) in [5.41, 5.74) is 1.28. The Morgan fingerprint density at radius 3 is 2.36 bits per heavy atom. The Labute approximate surface area is 155 Å². The van der Waals surface area contributed by atoms with Gasteiger partial charge in [-0.1, -0.05) is 32.9 Å². The molecule has 1 fully saturated rings. The normalized spacial score (nSPS) is 23.3. The Balaban J connectivity index is 1.72. The molecule has 1 aromatic rings. The minimum absolute atomic E-state index is 0.193. The standard InChI is InChI=1S/C19H30N4OS/c1-5-21-10-12-22(13-11-21)19-20-16(4)14-23(19)25(24)18-8-6-17(7-9-18)15(2)3/h6-9,15-16H,5,10-14H2,1-4H3. The van der Waals surface area contributed by atoms with E-state index in [1.807, 2.05) is 16.4 Å². The molecule has 0 amide bonds. The van der Waals surface area contributed by atoms with Crippen LogP contribution in [0, 0.1) is 0 Å². The van der Waals surface area contributed by atoms with Gasteiger partial charge in [-0.05, 0) is 37.1 Å². The average Bonchev–Trinajstić information content (AvgIpc) is 3.03. The van der Waals surface area contributed by atoms with E-state index in [1.165, 1.54) is 5.56 Å². The summed E-state index contributed by atoms with van der Waals surface area (Å²) in [5.74, 6) is 1.40. The highest BCUT2D eigenvalue weighted by molar-refractivity contribution is 7.89. The number of hydrogen-bond donors (Lipinski definition) is 0. The van der Waals surface area contributed by atoms with Gasteiger partial charge in [-0.2, -0.15) is 4.31 Å². The molecule has 0 bridgehead atoms. The molecule has 5 nitrogen and oxygen atoms in total. The number of aliphatic imine (C=N–C) groups is 1. The van der Waals surface area contributed by atoms with Crippen molar-refractivity contribution in [3.05, 3.63) is 29.8 Å². The summed E-state index contributed by atoms with van der Waals surface area (Å²) in [5, 5.41) is 0. The van der Waals surface area contributed by atoms with Crippen LogP contribution in [0.3, 0.4) is 0 Å². The average molecular weight is 363 g/mol. The molecule has 2 unspecified atom stereocenters. The van der Waals surface area contributed by atoms with E-state index >= 15 is 0 Å². The van der Waals surface area contributed by atoms with Crippen LogP contribution in [0.4, 0.5) is 0 Å². The predicted octanol–water partition coefficient (Wildman–Crippen LogP) is 2.53. The van der Waals surface area contributed by atoms with Crippen LogP contribution >= 0.6 is 0 Å². The topological polar surface area (TPSA) is 45.1 Å². The number of likely N-dealkylation sites (N-methyl/N-ethyl adjacent to an activating group) is 1. The molecule has 0 N–H and O–H groups in total. The Kier molecular flexibility index (Phi) is 5.92. The van der Waals surface area contributed by atoms with Crippen molar-refractivity contribution < 1.29 is 4.55 Å². The first-order chi connectivity index (χ1) is 12.0. The van der Waals surface area contributed by atoms with Gasteiger partial charge in [0.2, 0.25) is 5.96 Å². The molecule has 0 radical (unpaired) electrons. The van der Waals surface area contributed by atoms with E-state index in [0.717, 1.165) is 50.1 Å². The highest BCUT2D eigenvalue weighted by Crippen LogP contribution is 2.25. The molecule has 2 aliphatic heterocycles. The smallest absolute Gasteiger partial charge is 0.240 e. The summed E-state index contributed by atoms with van der Waals surface area (Å²) < 4.78 is 15.1. The largest absolute Gasteiger partial charge is 0.588 e. The van der Waals surface area contributed by atoms with Crippen LogP contribution in [0.25, 0.3) is 0 Å². The van der Waals surface area contributed by atoms with Gasteiger partial charge in [0.15, 0.2) is 4.90 Å². The molecule has 0 aromatic heterocycles. The fourth-order valence-electron chi connectivity index (χ4n) is 3.37. The SMILES string of the molecule is CCN1CCN(C2=NC(C)CN2[S+]([O-])c2ccc(C(C)C)cc2)CC1. The van der Waals surface area contributed by atoms with Crippen LogP contribution in [0.2, 0.25) is 0 Å². The van der Waals surface area contributed by atoms with Gasteiger partial charge in [0.05, 0.1) is 12.6 Å². The number of hydrogen-bond acceptors (Lipinski definition) is 5. The maximum Gasteiger partial charge on any atom is 0.240 e. The summed E-state index contributed by atoms with van der Waals surface area (Å²) in [4.78, 5) is 10.4. The first-order valence-corrected chi connectivity index (χ1v) is 10.4. The Morgan fingerprint density at radius 2 is 1.80 bits per heavy atom. The van der Waals surface area contributed by atoms with E-state index in [1.54, 1.807) is 0 Å². The number of rotatable bonds is 4. The zero-order valence-electron chi connectivity index (χ0n) is 15.8. The molecule has 0 aliphatic carbocycles. The van der Waals surface area contributed by atoms with Crippen molar-refractivity contribution in [2.45, 2.75) is 44.6 Å². The van der Waals surface area contributed by atoms with Crippen molar-refractivity contribution in [1.82, 2.24) is 14.1 Å². The summed E-state index contributed by atoms with van der Waals surface area (Å²) in [7, 11) is 0. The highest BCUT2D eigenvalue weighted by atomic mass is 32.2. The number of piperazine rings is 1. The molecule has 138 valence electrons. The van der Waals surface area contributed by atoms with E-state index in [9.17, 15) is 4.55 Å². The Hall–Kier alpha value is -1.24. The minimum atomic E-state index is -1.20. The van der Waals surface area contributed by atoms with Gasteiger partial charge in [-0.25, -0.2) is 4.99 Å². The third kappa shape index (κ3) is 4.13. The summed E-state index contributed by atoms with van der Waals surface area (Å²) in [6.07, 6.45) is 0. The summed E-state index contributed by atoms with van der Waals surface area (Å²) in [6, 6.07) is 8.38. The molecule has 1 saturated heterocycles. The molecule has 2 heterocycles. The number of guanidine groups is 1. The second-order valence-corrected chi connectivity index (χ2v) is 8.64. The lowest BCUT2D eigenvalue weighted by Gasteiger charge is -2.37. The molecule has 6 heteroatoms. The van der Waals surface area contributed by atoms with Crippen LogP contribution in [0.5, 0.6) is 0 Å². The van der Waals surface area contributed by atoms with E-state index in [-0.39, 0.29) is 6.04 Å². The molecule has 25 heavy (non-hydrogen) atoms. The summed E-state index contributed by atoms with van der Waals surface area (Å²) >= 11 is -1.20. The Morgan fingerprint density at radius 1 is 1.16 bits per heavy atom. The highest BCUT2D eigenvalue weighted by Gasteiger charge is 2.37. The van der Waals surface area contributed by atoms with Gasteiger partial charge in [-0.15, -0.1) is 0 Å². The summed E-state index contributed by atoms with van der Waals surface area (Å²) in [6.45, 7) is 14.5. The lowest BCUT2D eigenvalue weighted by molar-refractivity contribution is 0.184. The predicted molar refractivity (Wildman–Crippen MR) is 104 cm³/mol. The van der Waals surface area contributed by atoms with Crippen molar-refractivity contribution in [1.29, 1.82) is 0 Å². The van der Waals surface area contributed by atoms with Crippen LogP contribution in [0.1, 0.15) is 39.2 Å². The molecule has 0 saturated carbocycles. The molecule has 0 spiro atoms. The third-order valence-corrected chi connectivity index (χ3v) is 6.43. The van der Waals surface area contributed by atoms with Crippen LogP contribution in [-0.4, -0.2) is 69.9 Å². The zero-order valence-corrected chi connectivity index (χ0v) is 16.6. The van der Waals surface area contributed by atoms with Gasteiger partial charge >= 0.3 is 0 Å². The number of nitrogens with zero attached hydrogens (tertiary/aromatic N) is 4. The number of benzene rings is 1. The van der Waals surface area contributed by atoms with Gasteiger partial charge in [0.1, 0.15) is 11.4 Å². The van der Waals surface area contributed by atoms with Crippen molar-refractivity contribution in [3.8, 4) is 0 Å². The Bertz CT molecular complexity index is 596. The van der Waals surface area contributed by atoms with E-state index in [0.29, 0.717) is 5.92 Å². The van der Waals surface area contributed by atoms with Crippen LogP contribution in [0.15, 0.2) is 34.2 Å². The van der Waals surface area contributed by atoms with E-state index in [2.05, 4.69) is 49.6 Å². The molecule has 2 atom stereocenters. The monoisotopic (exact) mass is 362 g/mol. The maximum atomic E-state index is 13.2. The molecule has 2 aliphatic rings. The molecular weight excluding hydrogens is 332 g/mol. The van der Waals surface area contributed by atoms with Gasteiger partial charge < -0.3 is 14.4 Å². The first kappa shape index (κ1) is 18.5. The van der Waals surface area contributed by atoms with Crippen molar-refractivity contribution in [2.75, 3.05) is 39.3 Å². The lowest BCUT2D eigenvalue weighted by atomic mass is 10.0. The van der Waals surface area contributed by atoms with Crippen molar-refractivity contribution >= 4 is 17.3 Å². The molecule has 3 rings (SSSR count). The van der Waals surface area contributed by atoms with Crippen LogP contribution < -0.4 is 0 Å². The zero-order chi connectivity index (χ0) is 18.0. The minimum Gasteiger partial charge on any atom is -0.588 e. The van der Waals surface area contributed by atoms with E-state index < -0.39 is 11.4 Å². The van der Waals surface area contributed by atoms with Crippen molar-refractivity contribution in [3.63, 3.8) is 0 Å². The fraction of sp³-hybridized carbons (Fsp3) is 0.632. The van der Waals surface area contributed by atoms with Gasteiger partial charge in [-0.3, -0.25) is 0 Å². The second kappa shape index (κ2) is 7.98. The lowest BCUT2D eigenvalue weighted by Crippen LogP contribution is -2.53. The quantitative estimate of drug-likeness (QED) is 0.772. The van der Waals surface area contributed by atoms with Gasteiger partial charge in [0, 0.05) is 26.2 Å². The third-order valence-electron chi connectivity index (χ3n) is 5.04. The van der Waals surface area contributed by atoms with Gasteiger partial charge in [0.25, 0.3) is 0 Å².